The number of benzene rings is 1. The second-order valence-electron chi connectivity index (χ2n) is 6.75. The number of nitrogens with zero attached hydrogens (tertiary/aromatic N) is 4. The van der Waals surface area contributed by atoms with Crippen LogP contribution in [0.25, 0.3) is 5.69 Å². The van der Waals surface area contributed by atoms with Crippen LogP contribution in [0.15, 0.2) is 24.4 Å². The number of aromatic nitrogens is 3. The van der Waals surface area contributed by atoms with Crippen LogP contribution in [0.1, 0.15) is 40.9 Å². The monoisotopic (exact) mass is 368 g/mol. The van der Waals surface area contributed by atoms with Crippen molar-refractivity contribution in [1.29, 1.82) is 0 Å². The number of fused-ring (bicyclic) bond motifs is 1. The first-order valence-corrected chi connectivity index (χ1v) is 8.96. The Labute approximate surface area is 155 Å². The minimum Gasteiger partial charge on any atom is -0.330 e. The van der Waals surface area contributed by atoms with Crippen LogP contribution in [0.2, 0.25) is 0 Å². The molecule has 2 aromatic rings. The summed E-state index contributed by atoms with van der Waals surface area (Å²) in [4.78, 5) is 38.0. The summed E-state index contributed by atoms with van der Waals surface area (Å²) < 4.78 is 1.66. The normalized spacial score (nSPS) is 19.4. The smallest absolute Gasteiger partial charge is 0.255 e. The molecular weight excluding hydrogens is 348 g/mol. The Bertz CT molecular complexity index is 922. The molecule has 3 N–H and O–H groups in total. The second kappa shape index (κ2) is 6.92. The van der Waals surface area contributed by atoms with Crippen LogP contribution in [0, 0.1) is 0 Å². The number of rotatable bonds is 5. The lowest BCUT2D eigenvalue weighted by atomic mass is 10.0. The van der Waals surface area contributed by atoms with Gasteiger partial charge in [0.15, 0.2) is 0 Å². The maximum atomic E-state index is 12.9. The molecule has 1 unspecified atom stereocenters. The molecule has 1 aromatic heterocycles. The third kappa shape index (κ3) is 3.10. The second-order valence-corrected chi connectivity index (χ2v) is 6.75. The summed E-state index contributed by atoms with van der Waals surface area (Å²) in [5, 5.41) is 10.7. The molecule has 3 heterocycles. The van der Waals surface area contributed by atoms with Gasteiger partial charge in [-0.25, -0.2) is 4.68 Å². The van der Waals surface area contributed by atoms with E-state index in [9.17, 15) is 14.4 Å². The number of imide groups is 1. The van der Waals surface area contributed by atoms with E-state index in [4.69, 9.17) is 5.73 Å². The summed E-state index contributed by atoms with van der Waals surface area (Å²) >= 11 is 0. The number of hydrogen-bond donors (Lipinski definition) is 2. The molecule has 0 spiro atoms. The zero-order chi connectivity index (χ0) is 19.0. The number of hydrogen-bond acceptors (Lipinski definition) is 6. The van der Waals surface area contributed by atoms with Gasteiger partial charge in [0.2, 0.25) is 11.8 Å². The van der Waals surface area contributed by atoms with E-state index in [1.54, 1.807) is 16.8 Å². The predicted octanol–water partition coefficient (Wildman–Crippen LogP) is -0.0804. The molecule has 140 valence electrons. The molecule has 0 bridgehead atoms. The molecule has 27 heavy (non-hydrogen) atoms. The molecule has 0 aliphatic carbocycles. The van der Waals surface area contributed by atoms with Crippen molar-refractivity contribution in [3.8, 4) is 5.69 Å². The van der Waals surface area contributed by atoms with Crippen LogP contribution < -0.4 is 11.1 Å². The molecule has 9 nitrogen and oxygen atoms in total. The molecule has 1 saturated heterocycles. The van der Waals surface area contributed by atoms with Crippen LogP contribution in [0.3, 0.4) is 0 Å². The molecule has 4 rings (SSSR count). The molecule has 9 heteroatoms. The molecular formula is C18H20N6O3. The van der Waals surface area contributed by atoms with Crippen molar-refractivity contribution >= 4 is 17.7 Å². The number of amides is 3. The van der Waals surface area contributed by atoms with Crippen molar-refractivity contribution in [2.75, 3.05) is 6.54 Å². The molecule has 0 radical (unpaired) electrons. The van der Waals surface area contributed by atoms with Crippen molar-refractivity contribution in [1.82, 2.24) is 25.2 Å². The summed E-state index contributed by atoms with van der Waals surface area (Å²) in [5.41, 5.74) is 8.50. The topological polar surface area (TPSA) is 123 Å². The number of nitrogens with two attached hydrogens (primary N) is 1. The molecule has 2 aliphatic heterocycles. The third-order valence-corrected chi connectivity index (χ3v) is 4.98. The lowest BCUT2D eigenvalue weighted by molar-refractivity contribution is -0.136. The van der Waals surface area contributed by atoms with E-state index in [2.05, 4.69) is 15.6 Å². The third-order valence-electron chi connectivity index (χ3n) is 4.98. The number of aryl methyl sites for hydroxylation is 1. The van der Waals surface area contributed by atoms with Gasteiger partial charge in [-0.05, 0) is 37.9 Å². The predicted molar refractivity (Wildman–Crippen MR) is 94.8 cm³/mol. The fourth-order valence-corrected chi connectivity index (χ4v) is 3.60. The number of carbonyl (C=O) groups is 3. The average Bonchev–Trinajstić information content (AvgIpc) is 3.25. The van der Waals surface area contributed by atoms with E-state index in [0.717, 1.165) is 29.8 Å². The first-order valence-electron chi connectivity index (χ1n) is 8.96. The quantitative estimate of drug-likeness (QED) is 0.712. The molecule has 2 aliphatic rings. The van der Waals surface area contributed by atoms with Crippen molar-refractivity contribution in [2.24, 2.45) is 5.73 Å². The lowest BCUT2D eigenvalue weighted by Crippen LogP contribution is -2.52. The first kappa shape index (κ1) is 17.3. The molecule has 3 amide bonds. The van der Waals surface area contributed by atoms with Crippen molar-refractivity contribution in [3.63, 3.8) is 0 Å². The van der Waals surface area contributed by atoms with Gasteiger partial charge in [-0.3, -0.25) is 19.7 Å². The average molecular weight is 368 g/mol. The summed E-state index contributed by atoms with van der Waals surface area (Å²) in [7, 11) is 0. The number of piperidine rings is 1. The molecule has 1 atom stereocenters. The fourth-order valence-electron chi connectivity index (χ4n) is 3.60. The van der Waals surface area contributed by atoms with Gasteiger partial charge in [0.25, 0.3) is 5.91 Å². The zero-order valence-electron chi connectivity index (χ0n) is 14.7. The van der Waals surface area contributed by atoms with Crippen molar-refractivity contribution in [3.05, 3.63) is 41.2 Å². The Hall–Kier alpha value is -3.07. The summed E-state index contributed by atoms with van der Waals surface area (Å²) in [6, 6.07) is 4.79. The van der Waals surface area contributed by atoms with E-state index < -0.39 is 11.9 Å². The minimum atomic E-state index is -0.633. The van der Waals surface area contributed by atoms with Gasteiger partial charge in [-0.15, -0.1) is 5.10 Å². The maximum Gasteiger partial charge on any atom is 0.255 e. The standard InChI is InChI=1S/C18H20N6O3/c19-8-2-3-11-9-24(22-21-11)14-5-1-4-12-13(14)10-23(18(12)27)15-6-7-16(25)20-17(15)26/h1,4-5,9,15H,2-3,6-8,10,19H2,(H,20,25,26). The molecule has 1 aromatic carbocycles. The van der Waals surface area contributed by atoms with Gasteiger partial charge in [-0.2, -0.15) is 0 Å². The van der Waals surface area contributed by atoms with Crippen LogP contribution >= 0.6 is 0 Å². The molecule has 1 fully saturated rings. The van der Waals surface area contributed by atoms with Crippen LogP contribution in [-0.4, -0.2) is 50.2 Å². The Kier molecular flexibility index (Phi) is 4.44. The minimum absolute atomic E-state index is 0.204. The summed E-state index contributed by atoms with van der Waals surface area (Å²) in [6.07, 6.45) is 3.98. The van der Waals surface area contributed by atoms with Crippen molar-refractivity contribution in [2.45, 2.75) is 38.3 Å². The SMILES string of the molecule is NCCCc1cn(-c2cccc3c2CN(C2CCC(=O)NC2=O)C3=O)nn1. The van der Waals surface area contributed by atoms with E-state index in [1.165, 1.54) is 4.90 Å². The highest BCUT2D eigenvalue weighted by Crippen LogP contribution is 2.31. The van der Waals surface area contributed by atoms with E-state index >= 15 is 0 Å². The largest absolute Gasteiger partial charge is 0.330 e. The van der Waals surface area contributed by atoms with E-state index in [-0.39, 0.29) is 18.2 Å². The number of nitrogens with one attached hydrogen (secondary N) is 1. The van der Waals surface area contributed by atoms with Crippen LogP contribution in [0.4, 0.5) is 0 Å². The highest BCUT2D eigenvalue weighted by molar-refractivity contribution is 6.05. The maximum absolute atomic E-state index is 12.9. The van der Waals surface area contributed by atoms with Crippen LogP contribution in [0.5, 0.6) is 0 Å². The van der Waals surface area contributed by atoms with E-state index in [0.29, 0.717) is 25.1 Å². The van der Waals surface area contributed by atoms with Crippen LogP contribution in [-0.2, 0) is 22.6 Å². The summed E-state index contributed by atoms with van der Waals surface area (Å²) in [6.45, 7) is 0.887. The van der Waals surface area contributed by atoms with Gasteiger partial charge < -0.3 is 10.6 Å². The Morgan fingerprint density at radius 3 is 2.89 bits per heavy atom. The highest BCUT2D eigenvalue weighted by Gasteiger charge is 2.40. The van der Waals surface area contributed by atoms with Gasteiger partial charge in [0, 0.05) is 24.1 Å². The molecule has 0 saturated carbocycles. The first-order chi connectivity index (χ1) is 13.1. The van der Waals surface area contributed by atoms with Crippen molar-refractivity contribution < 1.29 is 14.4 Å². The fraction of sp³-hybridized carbons (Fsp3) is 0.389. The van der Waals surface area contributed by atoms with Gasteiger partial charge in [0.05, 0.1) is 17.6 Å². The van der Waals surface area contributed by atoms with Gasteiger partial charge in [-0.1, -0.05) is 11.3 Å². The zero-order valence-corrected chi connectivity index (χ0v) is 14.7. The van der Waals surface area contributed by atoms with E-state index in [1.807, 2.05) is 12.3 Å². The van der Waals surface area contributed by atoms with Gasteiger partial charge in [0.1, 0.15) is 6.04 Å². The Balaban J connectivity index is 1.62. The Morgan fingerprint density at radius 2 is 2.11 bits per heavy atom. The number of carbonyl (C=O) groups excluding carboxylic acids is 3. The Morgan fingerprint density at radius 1 is 1.26 bits per heavy atom. The summed E-state index contributed by atoms with van der Waals surface area (Å²) in [5.74, 6) is -0.919. The lowest BCUT2D eigenvalue weighted by Gasteiger charge is -2.29. The highest BCUT2D eigenvalue weighted by atomic mass is 16.2. The van der Waals surface area contributed by atoms with Gasteiger partial charge >= 0.3 is 0 Å².